The van der Waals surface area contributed by atoms with Crippen molar-refractivity contribution in [3.8, 4) is 0 Å². The zero-order valence-electron chi connectivity index (χ0n) is 11.7. The molecule has 0 aromatic carbocycles. The monoisotopic (exact) mass is 277 g/mol. The highest BCUT2D eigenvalue weighted by Gasteiger charge is 2.23. The summed E-state index contributed by atoms with van der Waals surface area (Å²) in [7, 11) is 0. The quantitative estimate of drug-likeness (QED) is 0.841. The Bertz CT molecular complexity index is 440. The van der Waals surface area contributed by atoms with E-state index in [0.717, 1.165) is 25.3 Å². The molecule has 0 saturated heterocycles. The first-order chi connectivity index (χ1) is 9.38. The number of fused-ring (bicyclic) bond motifs is 1. The van der Waals surface area contributed by atoms with Gasteiger partial charge in [0.25, 0.3) is 0 Å². The van der Waals surface area contributed by atoms with E-state index in [9.17, 15) is 0 Å². The second-order valence-electron chi connectivity index (χ2n) is 5.39. The standard InChI is InChI=1S/C16H23NOS/c1-2-17-16(13-8-6-10-18-13)15-11-12-7-4-3-5-9-14(12)19-15/h8,11,16-17H,2-7,9-10H2,1H3. The predicted molar refractivity (Wildman–Crippen MR) is 80.6 cm³/mol. The molecule has 104 valence electrons. The lowest BCUT2D eigenvalue weighted by Gasteiger charge is -2.17. The summed E-state index contributed by atoms with van der Waals surface area (Å²) in [5.41, 5.74) is 1.60. The average molecular weight is 277 g/mol. The van der Waals surface area contributed by atoms with Gasteiger partial charge in [0.15, 0.2) is 0 Å². The molecule has 1 atom stereocenters. The number of hydrogen-bond donors (Lipinski definition) is 1. The van der Waals surface area contributed by atoms with Crippen LogP contribution in [-0.4, -0.2) is 13.2 Å². The normalized spacial score (nSPS) is 20.4. The Labute approximate surface area is 119 Å². The highest BCUT2D eigenvalue weighted by atomic mass is 32.1. The molecular weight excluding hydrogens is 254 g/mol. The number of aryl methyl sites for hydroxylation is 2. The molecule has 1 aromatic rings. The minimum Gasteiger partial charge on any atom is -0.496 e. The Kier molecular flexibility index (Phi) is 4.24. The van der Waals surface area contributed by atoms with E-state index < -0.39 is 0 Å². The number of nitrogens with one attached hydrogen (secondary N) is 1. The molecule has 1 aromatic heterocycles. The molecule has 3 rings (SSSR count). The molecule has 1 aliphatic heterocycles. The van der Waals surface area contributed by atoms with Gasteiger partial charge in [0.05, 0.1) is 12.6 Å². The van der Waals surface area contributed by atoms with Crippen LogP contribution in [0.2, 0.25) is 0 Å². The van der Waals surface area contributed by atoms with Crippen LogP contribution in [0, 0.1) is 0 Å². The van der Waals surface area contributed by atoms with Gasteiger partial charge < -0.3 is 10.1 Å². The lowest BCUT2D eigenvalue weighted by Crippen LogP contribution is -2.22. The van der Waals surface area contributed by atoms with E-state index in [1.807, 2.05) is 11.3 Å². The van der Waals surface area contributed by atoms with Crippen molar-refractivity contribution in [3.63, 3.8) is 0 Å². The van der Waals surface area contributed by atoms with Gasteiger partial charge in [-0.05, 0) is 49.9 Å². The number of likely N-dealkylation sites (N-methyl/N-ethyl adjacent to an activating group) is 1. The Morgan fingerprint density at radius 3 is 3.00 bits per heavy atom. The van der Waals surface area contributed by atoms with Crippen molar-refractivity contribution in [1.82, 2.24) is 5.32 Å². The predicted octanol–water partition coefficient (Wildman–Crippen LogP) is 3.97. The van der Waals surface area contributed by atoms with Gasteiger partial charge in [0.1, 0.15) is 5.76 Å². The van der Waals surface area contributed by atoms with Crippen LogP contribution in [0.25, 0.3) is 0 Å². The lowest BCUT2D eigenvalue weighted by molar-refractivity contribution is 0.217. The van der Waals surface area contributed by atoms with Crippen LogP contribution in [0.15, 0.2) is 17.9 Å². The van der Waals surface area contributed by atoms with Gasteiger partial charge in [0.2, 0.25) is 0 Å². The molecule has 0 fully saturated rings. The van der Waals surface area contributed by atoms with Gasteiger partial charge in [-0.15, -0.1) is 11.3 Å². The van der Waals surface area contributed by atoms with E-state index in [0.29, 0.717) is 0 Å². The van der Waals surface area contributed by atoms with Crippen LogP contribution in [0.4, 0.5) is 0 Å². The summed E-state index contributed by atoms with van der Waals surface area (Å²) in [6.07, 6.45) is 9.96. The molecule has 3 heteroatoms. The number of thiophene rings is 1. The minimum atomic E-state index is 0.282. The van der Waals surface area contributed by atoms with Crippen molar-refractivity contribution in [2.45, 2.75) is 51.5 Å². The smallest absolute Gasteiger partial charge is 0.114 e. The third kappa shape index (κ3) is 2.87. The minimum absolute atomic E-state index is 0.282. The van der Waals surface area contributed by atoms with Crippen molar-refractivity contribution >= 4 is 11.3 Å². The van der Waals surface area contributed by atoms with Crippen LogP contribution >= 0.6 is 11.3 Å². The highest BCUT2D eigenvalue weighted by Crippen LogP contribution is 2.36. The number of ether oxygens (including phenoxy) is 1. The van der Waals surface area contributed by atoms with Gasteiger partial charge in [-0.2, -0.15) is 0 Å². The molecule has 0 spiro atoms. The Morgan fingerprint density at radius 2 is 2.21 bits per heavy atom. The largest absolute Gasteiger partial charge is 0.496 e. The summed E-state index contributed by atoms with van der Waals surface area (Å²) >= 11 is 2.00. The number of hydrogen-bond acceptors (Lipinski definition) is 3. The SMILES string of the molecule is CCNC(C1=CCCO1)c1cc2c(s1)CCCCC2. The van der Waals surface area contributed by atoms with Crippen LogP contribution in [0.1, 0.15) is 54.0 Å². The summed E-state index contributed by atoms with van der Waals surface area (Å²) in [5, 5.41) is 3.58. The van der Waals surface area contributed by atoms with Gasteiger partial charge in [-0.25, -0.2) is 0 Å². The van der Waals surface area contributed by atoms with Crippen molar-refractivity contribution in [2.75, 3.05) is 13.2 Å². The molecule has 2 heterocycles. The fraction of sp³-hybridized carbons (Fsp3) is 0.625. The van der Waals surface area contributed by atoms with Crippen LogP contribution < -0.4 is 5.32 Å². The molecule has 1 unspecified atom stereocenters. The van der Waals surface area contributed by atoms with Crippen LogP contribution in [0.3, 0.4) is 0 Å². The molecule has 19 heavy (non-hydrogen) atoms. The first-order valence-electron chi connectivity index (χ1n) is 7.56. The fourth-order valence-electron chi connectivity index (χ4n) is 3.02. The lowest BCUT2D eigenvalue weighted by atomic mass is 10.1. The van der Waals surface area contributed by atoms with Crippen molar-refractivity contribution < 1.29 is 4.74 Å². The molecule has 2 nitrogen and oxygen atoms in total. The van der Waals surface area contributed by atoms with Crippen molar-refractivity contribution in [2.24, 2.45) is 0 Å². The second-order valence-corrected chi connectivity index (χ2v) is 6.56. The summed E-state index contributed by atoms with van der Waals surface area (Å²) < 4.78 is 5.78. The molecule has 1 N–H and O–H groups in total. The van der Waals surface area contributed by atoms with Gasteiger partial charge in [-0.1, -0.05) is 13.3 Å². The Hall–Kier alpha value is -0.800. The zero-order chi connectivity index (χ0) is 13.1. The van der Waals surface area contributed by atoms with Crippen molar-refractivity contribution in [3.05, 3.63) is 33.2 Å². The average Bonchev–Trinajstić information content (AvgIpc) is 3.02. The molecule has 0 radical (unpaired) electrons. The van der Waals surface area contributed by atoms with Gasteiger partial charge in [0, 0.05) is 16.2 Å². The summed E-state index contributed by atoms with van der Waals surface area (Å²) in [6, 6.07) is 2.71. The Morgan fingerprint density at radius 1 is 1.32 bits per heavy atom. The van der Waals surface area contributed by atoms with E-state index in [1.54, 1.807) is 10.4 Å². The van der Waals surface area contributed by atoms with Crippen molar-refractivity contribution in [1.29, 1.82) is 0 Å². The van der Waals surface area contributed by atoms with Crippen LogP contribution in [0.5, 0.6) is 0 Å². The fourth-order valence-corrected chi connectivity index (χ4v) is 4.36. The molecular formula is C16H23NOS. The van der Waals surface area contributed by atoms with E-state index >= 15 is 0 Å². The Balaban J connectivity index is 1.85. The number of rotatable bonds is 4. The van der Waals surface area contributed by atoms with E-state index in [4.69, 9.17) is 4.74 Å². The third-order valence-electron chi connectivity index (χ3n) is 3.98. The second kappa shape index (κ2) is 6.10. The maximum atomic E-state index is 5.78. The first-order valence-corrected chi connectivity index (χ1v) is 8.38. The molecule has 1 aliphatic carbocycles. The van der Waals surface area contributed by atoms with E-state index in [1.165, 1.54) is 37.0 Å². The summed E-state index contributed by atoms with van der Waals surface area (Å²) in [4.78, 5) is 3.07. The maximum Gasteiger partial charge on any atom is 0.114 e. The molecule has 2 aliphatic rings. The molecule has 0 bridgehead atoms. The van der Waals surface area contributed by atoms with Gasteiger partial charge >= 0.3 is 0 Å². The van der Waals surface area contributed by atoms with Gasteiger partial charge in [-0.3, -0.25) is 0 Å². The molecule has 0 saturated carbocycles. The zero-order valence-corrected chi connectivity index (χ0v) is 12.5. The van der Waals surface area contributed by atoms with Crippen LogP contribution in [-0.2, 0) is 17.6 Å². The highest BCUT2D eigenvalue weighted by molar-refractivity contribution is 7.12. The summed E-state index contributed by atoms with van der Waals surface area (Å²) in [6.45, 7) is 4.00. The topological polar surface area (TPSA) is 21.3 Å². The third-order valence-corrected chi connectivity index (χ3v) is 5.28. The molecule has 0 amide bonds. The van der Waals surface area contributed by atoms with E-state index in [2.05, 4.69) is 24.4 Å². The van der Waals surface area contributed by atoms with E-state index in [-0.39, 0.29) is 6.04 Å². The summed E-state index contributed by atoms with van der Waals surface area (Å²) in [5.74, 6) is 1.14. The maximum absolute atomic E-state index is 5.78. The first kappa shape index (κ1) is 13.2.